The fourth-order valence-corrected chi connectivity index (χ4v) is 2.64. The molecule has 0 heterocycles. The fraction of sp³-hybridized carbons (Fsp3) is 0.429. The van der Waals surface area contributed by atoms with Crippen molar-refractivity contribution >= 4 is 27.8 Å². The first-order valence-corrected chi connectivity index (χ1v) is 7.03. The minimum absolute atomic E-state index is 0.126. The quantitative estimate of drug-likeness (QED) is 0.890. The van der Waals surface area contributed by atoms with Crippen molar-refractivity contribution in [3.8, 4) is 5.75 Å². The largest absolute Gasteiger partial charge is 0.496 e. The number of amides is 1. The molecular weight excluding hydrogens is 326 g/mol. The summed E-state index contributed by atoms with van der Waals surface area (Å²) < 4.78 is 6.17. The van der Waals surface area contributed by atoms with E-state index in [9.17, 15) is 9.59 Å². The Labute approximate surface area is 125 Å². The van der Waals surface area contributed by atoms with Gasteiger partial charge in [-0.2, -0.15) is 0 Å². The van der Waals surface area contributed by atoms with E-state index in [1.807, 2.05) is 18.2 Å². The van der Waals surface area contributed by atoms with E-state index >= 15 is 0 Å². The zero-order chi connectivity index (χ0) is 14.9. The van der Waals surface area contributed by atoms with Crippen LogP contribution in [0.15, 0.2) is 22.7 Å². The molecule has 0 unspecified atom stereocenters. The average Bonchev–Trinajstić information content (AvgIpc) is 3.18. The van der Waals surface area contributed by atoms with Gasteiger partial charge in [-0.25, -0.2) is 0 Å². The molecular formula is C14H16BrNO4. The van der Waals surface area contributed by atoms with E-state index in [0.717, 1.165) is 10.0 Å². The second kappa shape index (κ2) is 5.83. The number of benzene rings is 1. The fourth-order valence-electron chi connectivity index (χ4n) is 2.23. The van der Waals surface area contributed by atoms with Crippen molar-refractivity contribution in [3.05, 3.63) is 28.2 Å². The van der Waals surface area contributed by atoms with E-state index in [1.54, 1.807) is 19.1 Å². The Morgan fingerprint density at radius 3 is 2.70 bits per heavy atom. The maximum atomic E-state index is 12.1. The van der Waals surface area contributed by atoms with Crippen molar-refractivity contribution in [2.75, 3.05) is 14.2 Å². The van der Waals surface area contributed by atoms with E-state index < -0.39 is 11.9 Å². The second-order valence-electron chi connectivity index (χ2n) is 4.94. The summed E-state index contributed by atoms with van der Waals surface area (Å²) in [5.74, 6) is -1.21. The van der Waals surface area contributed by atoms with Crippen molar-refractivity contribution in [2.45, 2.75) is 13.0 Å². The second-order valence-corrected chi connectivity index (χ2v) is 5.85. The Bertz CT molecular complexity index is 546. The summed E-state index contributed by atoms with van der Waals surface area (Å²) in [6.07, 6.45) is 0.439. The molecule has 1 saturated carbocycles. The molecule has 1 N–H and O–H groups in total. The van der Waals surface area contributed by atoms with Crippen molar-refractivity contribution in [1.29, 1.82) is 0 Å². The number of halogens is 1. The first-order chi connectivity index (χ1) is 9.43. The third-order valence-corrected chi connectivity index (χ3v) is 3.94. The molecule has 108 valence electrons. The van der Waals surface area contributed by atoms with Crippen LogP contribution >= 0.6 is 15.9 Å². The molecule has 0 aromatic heterocycles. The number of rotatable bonds is 5. The lowest BCUT2D eigenvalue weighted by Crippen LogP contribution is -2.29. The highest BCUT2D eigenvalue weighted by atomic mass is 79.9. The predicted molar refractivity (Wildman–Crippen MR) is 76.4 cm³/mol. The standard InChI is InChI=1S/C14H16BrNO4/c1-16(13(17)10-6-11(10)14(18)19)7-8-5-9(15)3-4-12(8)20-2/h3-5,10-11H,6-7H2,1-2H3,(H,18,19)/t10-,11+/m1/s1. The van der Waals surface area contributed by atoms with Crippen LogP contribution in [-0.4, -0.2) is 36.0 Å². The van der Waals surface area contributed by atoms with Crippen molar-refractivity contribution in [2.24, 2.45) is 11.8 Å². The average molecular weight is 342 g/mol. The summed E-state index contributed by atoms with van der Waals surface area (Å²) in [6.45, 7) is 0.393. The van der Waals surface area contributed by atoms with Crippen LogP contribution in [0.2, 0.25) is 0 Å². The summed E-state index contributed by atoms with van der Waals surface area (Å²) >= 11 is 3.39. The van der Waals surface area contributed by atoms with Crippen LogP contribution in [0.3, 0.4) is 0 Å². The number of aliphatic carboxylic acids is 1. The summed E-state index contributed by atoms with van der Waals surface area (Å²) in [4.78, 5) is 24.5. The van der Waals surface area contributed by atoms with E-state index in [1.165, 1.54) is 0 Å². The van der Waals surface area contributed by atoms with E-state index in [-0.39, 0.29) is 11.8 Å². The maximum Gasteiger partial charge on any atom is 0.307 e. The lowest BCUT2D eigenvalue weighted by atomic mass is 10.2. The molecule has 6 heteroatoms. The lowest BCUT2D eigenvalue weighted by molar-refractivity contribution is -0.141. The molecule has 0 aliphatic heterocycles. The van der Waals surface area contributed by atoms with Crippen molar-refractivity contribution < 1.29 is 19.4 Å². The van der Waals surface area contributed by atoms with E-state index in [0.29, 0.717) is 18.7 Å². The molecule has 1 aliphatic rings. The minimum atomic E-state index is -0.892. The van der Waals surface area contributed by atoms with E-state index in [4.69, 9.17) is 9.84 Å². The highest BCUT2D eigenvalue weighted by Gasteiger charge is 2.49. The number of hydrogen-bond acceptors (Lipinski definition) is 3. The Kier molecular flexibility index (Phi) is 4.32. The number of carbonyl (C=O) groups excluding carboxylic acids is 1. The topological polar surface area (TPSA) is 66.8 Å². The molecule has 0 spiro atoms. The molecule has 1 aromatic carbocycles. The molecule has 2 rings (SSSR count). The number of carboxylic acid groups (broad SMARTS) is 1. The molecule has 0 radical (unpaired) electrons. The van der Waals surface area contributed by atoms with Crippen LogP contribution in [-0.2, 0) is 16.1 Å². The van der Waals surface area contributed by atoms with Gasteiger partial charge in [-0.15, -0.1) is 0 Å². The van der Waals surface area contributed by atoms with Gasteiger partial charge in [0.1, 0.15) is 5.75 Å². The zero-order valence-corrected chi connectivity index (χ0v) is 12.9. The number of nitrogens with zero attached hydrogens (tertiary/aromatic N) is 1. The Hall–Kier alpha value is -1.56. The molecule has 2 atom stereocenters. The van der Waals surface area contributed by atoms with E-state index in [2.05, 4.69) is 15.9 Å². The van der Waals surface area contributed by atoms with Crippen LogP contribution in [0, 0.1) is 11.8 Å². The minimum Gasteiger partial charge on any atom is -0.496 e. The van der Waals surface area contributed by atoms with Gasteiger partial charge in [0.05, 0.1) is 18.9 Å². The SMILES string of the molecule is COc1ccc(Br)cc1CN(C)C(=O)[C@@H]1C[C@@H]1C(=O)O. The van der Waals surface area contributed by atoms with Gasteiger partial charge in [0.2, 0.25) is 5.91 Å². The molecule has 0 saturated heterocycles. The highest BCUT2D eigenvalue weighted by Crippen LogP contribution is 2.40. The lowest BCUT2D eigenvalue weighted by Gasteiger charge is -2.19. The van der Waals surface area contributed by atoms with Crippen molar-refractivity contribution in [3.63, 3.8) is 0 Å². The summed E-state index contributed by atoms with van der Waals surface area (Å²) in [5.41, 5.74) is 0.880. The Morgan fingerprint density at radius 1 is 1.45 bits per heavy atom. The number of hydrogen-bond donors (Lipinski definition) is 1. The van der Waals surface area contributed by atoms with Gasteiger partial charge in [-0.05, 0) is 24.6 Å². The van der Waals surface area contributed by atoms with Gasteiger partial charge in [0, 0.05) is 23.6 Å². The highest BCUT2D eigenvalue weighted by molar-refractivity contribution is 9.10. The van der Waals surface area contributed by atoms with Gasteiger partial charge in [0.15, 0.2) is 0 Å². The molecule has 1 amide bonds. The van der Waals surface area contributed by atoms with Gasteiger partial charge in [-0.3, -0.25) is 9.59 Å². The molecule has 1 aliphatic carbocycles. The third kappa shape index (κ3) is 3.12. The number of ether oxygens (including phenoxy) is 1. The molecule has 1 aromatic rings. The van der Waals surface area contributed by atoms with Gasteiger partial charge in [-0.1, -0.05) is 15.9 Å². The number of carbonyl (C=O) groups is 2. The zero-order valence-electron chi connectivity index (χ0n) is 11.3. The van der Waals surface area contributed by atoms with Crippen LogP contribution < -0.4 is 4.74 Å². The number of carboxylic acids is 1. The van der Waals surface area contributed by atoms with Crippen LogP contribution in [0.25, 0.3) is 0 Å². The van der Waals surface area contributed by atoms with Gasteiger partial charge >= 0.3 is 5.97 Å². The van der Waals surface area contributed by atoms with Crippen LogP contribution in [0.4, 0.5) is 0 Å². The summed E-state index contributed by atoms with van der Waals surface area (Å²) in [6, 6.07) is 5.59. The maximum absolute atomic E-state index is 12.1. The molecule has 1 fully saturated rings. The monoisotopic (exact) mass is 341 g/mol. The Balaban J connectivity index is 2.05. The van der Waals surface area contributed by atoms with Crippen LogP contribution in [0.5, 0.6) is 5.75 Å². The molecule has 0 bridgehead atoms. The Morgan fingerprint density at radius 2 is 2.15 bits per heavy atom. The molecule has 20 heavy (non-hydrogen) atoms. The normalized spacial score (nSPS) is 20.4. The van der Waals surface area contributed by atoms with Crippen LogP contribution in [0.1, 0.15) is 12.0 Å². The predicted octanol–water partition coefficient (Wildman–Crippen LogP) is 2.14. The summed E-state index contributed by atoms with van der Waals surface area (Å²) in [5, 5.41) is 8.87. The molecule has 5 nitrogen and oxygen atoms in total. The summed E-state index contributed by atoms with van der Waals surface area (Å²) in [7, 11) is 3.26. The first-order valence-electron chi connectivity index (χ1n) is 6.24. The van der Waals surface area contributed by atoms with Gasteiger partial charge < -0.3 is 14.7 Å². The number of methoxy groups -OCH3 is 1. The van der Waals surface area contributed by atoms with Crippen molar-refractivity contribution in [1.82, 2.24) is 4.90 Å². The first kappa shape index (κ1) is 14.8. The smallest absolute Gasteiger partial charge is 0.307 e. The third-order valence-electron chi connectivity index (χ3n) is 3.45. The van der Waals surface area contributed by atoms with Gasteiger partial charge in [0.25, 0.3) is 0 Å².